The van der Waals surface area contributed by atoms with Gasteiger partial charge in [-0.3, -0.25) is 15.1 Å². The Hall–Kier alpha value is -1.02. The summed E-state index contributed by atoms with van der Waals surface area (Å²) in [5.41, 5.74) is 2.41. The van der Waals surface area contributed by atoms with Gasteiger partial charge in [-0.15, -0.1) is 11.3 Å². The van der Waals surface area contributed by atoms with Gasteiger partial charge in [-0.2, -0.15) is 0 Å². The fraction of sp³-hybridized carbons (Fsp3) is 0.667. The minimum absolute atomic E-state index is 0.352. The second-order valence-electron chi connectivity index (χ2n) is 5.24. The molecule has 0 aromatic carbocycles. The van der Waals surface area contributed by atoms with Crippen molar-refractivity contribution in [3.63, 3.8) is 0 Å². The van der Waals surface area contributed by atoms with Crippen molar-refractivity contribution >= 4 is 17.2 Å². The van der Waals surface area contributed by atoms with Crippen LogP contribution in [0.5, 0.6) is 0 Å². The highest BCUT2D eigenvalue weighted by molar-refractivity contribution is 7.11. The topological polar surface area (TPSA) is 91.5 Å². The lowest BCUT2D eigenvalue weighted by Crippen LogP contribution is -2.30. The molecule has 7 heteroatoms. The molecule has 1 saturated heterocycles. The highest BCUT2D eigenvalue weighted by Gasteiger charge is 2.25. The molecule has 1 unspecified atom stereocenters. The van der Waals surface area contributed by atoms with Crippen LogP contribution in [0.25, 0.3) is 0 Å². The summed E-state index contributed by atoms with van der Waals surface area (Å²) in [7, 11) is 0. The van der Waals surface area contributed by atoms with Crippen molar-refractivity contribution in [3.05, 3.63) is 16.1 Å². The van der Waals surface area contributed by atoms with Crippen molar-refractivity contribution in [2.45, 2.75) is 38.3 Å². The average Bonchev–Trinajstić information content (AvgIpc) is 2.76. The van der Waals surface area contributed by atoms with Crippen molar-refractivity contribution in [2.24, 2.45) is 5.84 Å². The number of aliphatic hydroxyl groups is 1. The van der Waals surface area contributed by atoms with Gasteiger partial charge in [0.25, 0.3) is 5.91 Å². The molecule has 1 fully saturated rings. The molecule has 0 saturated carbocycles. The normalized spacial score (nSPS) is 25.0. The molecular weight excluding hydrogens is 264 g/mol. The van der Waals surface area contributed by atoms with Crippen molar-refractivity contribution in [1.29, 1.82) is 0 Å². The molecule has 1 atom stereocenters. The molecule has 0 bridgehead atoms. The first kappa shape index (κ1) is 14.4. The van der Waals surface area contributed by atoms with Crippen LogP contribution in [0, 0.1) is 0 Å². The first-order valence-corrected chi connectivity index (χ1v) is 7.28. The van der Waals surface area contributed by atoms with Crippen LogP contribution >= 0.6 is 11.3 Å². The summed E-state index contributed by atoms with van der Waals surface area (Å²) in [4.78, 5) is 17.9. The summed E-state index contributed by atoms with van der Waals surface area (Å²) in [6.45, 7) is 4.41. The summed E-state index contributed by atoms with van der Waals surface area (Å²) in [6.07, 6.45) is 2.59. The van der Waals surface area contributed by atoms with E-state index in [2.05, 4.69) is 15.3 Å². The number of amides is 1. The monoisotopic (exact) mass is 284 g/mol. The molecule has 1 amide bonds. The van der Waals surface area contributed by atoms with E-state index >= 15 is 0 Å². The van der Waals surface area contributed by atoms with Crippen LogP contribution in [-0.2, 0) is 6.54 Å². The first-order valence-electron chi connectivity index (χ1n) is 6.40. The minimum Gasteiger partial charge on any atom is -0.390 e. The third-order valence-corrected chi connectivity index (χ3v) is 4.31. The van der Waals surface area contributed by atoms with Crippen LogP contribution in [0.1, 0.15) is 41.7 Å². The maximum Gasteiger partial charge on any atom is 0.294 e. The second-order valence-corrected chi connectivity index (χ2v) is 6.10. The maximum atomic E-state index is 11.3. The number of rotatable bonds is 3. The molecule has 1 aliphatic heterocycles. The van der Waals surface area contributed by atoms with E-state index in [9.17, 15) is 9.90 Å². The number of hydrogen-bond acceptors (Lipinski definition) is 6. The van der Waals surface area contributed by atoms with Crippen molar-refractivity contribution in [2.75, 3.05) is 13.1 Å². The van der Waals surface area contributed by atoms with Gasteiger partial charge in [0.2, 0.25) is 0 Å². The van der Waals surface area contributed by atoms with Gasteiger partial charge in [0, 0.05) is 18.5 Å². The number of likely N-dealkylation sites (tertiary alicyclic amines) is 1. The van der Waals surface area contributed by atoms with Gasteiger partial charge in [-0.05, 0) is 32.7 Å². The predicted octanol–water partition coefficient (Wildman–Crippen LogP) is 0.483. The lowest BCUT2D eigenvalue weighted by Gasteiger charge is -2.21. The standard InChI is InChI=1S/C12H20N4O2S/c1-12(18)3-2-5-16(6-4-12)7-9-8-19-11(14-9)10(17)15-13/h8,18H,2-7,13H2,1H3,(H,15,17). The summed E-state index contributed by atoms with van der Waals surface area (Å²) in [5.74, 6) is 4.73. The van der Waals surface area contributed by atoms with Crippen LogP contribution in [0.2, 0.25) is 0 Å². The van der Waals surface area contributed by atoms with E-state index in [4.69, 9.17) is 5.84 Å². The zero-order valence-corrected chi connectivity index (χ0v) is 11.9. The van der Waals surface area contributed by atoms with Gasteiger partial charge in [-0.25, -0.2) is 10.8 Å². The van der Waals surface area contributed by atoms with Crippen molar-refractivity contribution in [1.82, 2.24) is 15.3 Å². The van der Waals surface area contributed by atoms with E-state index in [-0.39, 0.29) is 5.91 Å². The summed E-state index contributed by atoms with van der Waals surface area (Å²) in [5, 5.41) is 12.3. The molecule has 1 aliphatic rings. The smallest absolute Gasteiger partial charge is 0.294 e. The Morgan fingerprint density at radius 1 is 1.63 bits per heavy atom. The molecular formula is C12H20N4O2S. The van der Waals surface area contributed by atoms with Gasteiger partial charge in [0.1, 0.15) is 0 Å². The van der Waals surface area contributed by atoms with Crippen LogP contribution in [0.15, 0.2) is 5.38 Å². The van der Waals surface area contributed by atoms with Gasteiger partial charge < -0.3 is 5.11 Å². The SMILES string of the molecule is CC1(O)CCCN(Cc2csc(C(=O)NN)n2)CC1. The minimum atomic E-state index is -0.554. The first-order chi connectivity index (χ1) is 9.00. The quantitative estimate of drug-likeness (QED) is 0.427. The van der Waals surface area contributed by atoms with Gasteiger partial charge in [0.15, 0.2) is 5.01 Å². The Bertz CT molecular complexity index is 447. The van der Waals surface area contributed by atoms with Crippen LogP contribution in [0.4, 0.5) is 0 Å². The molecule has 1 aromatic rings. The number of hydrogen-bond donors (Lipinski definition) is 3. The summed E-state index contributed by atoms with van der Waals surface area (Å²) < 4.78 is 0. The summed E-state index contributed by atoms with van der Waals surface area (Å²) >= 11 is 1.30. The Morgan fingerprint density at radius 2 is 2.42 bits per heavy atom. The maximum absolute atomic E-state index is 11.3. The number of nitrogen functional groups attached to an aromatic ring is 1. The zero-order chi connectivity index (χ0) is 13.9. The number of nitrogens with two attached hydrogens (primary N) is 1. The number of thiazole rings is 1. The molecule has 106 valence electrons. The largest absolute Gasteiger partial charge is 0.390 e. The Kier molecular flexibility index (Phi) is 4.51. The number of aromatic nitrogens is 1. The van der Waals surface area contributed by atoms with Crippen LogP contribution in [-0.4, -0.2) is 39.6 Å². The van der Waals surface area contributed by atoms with E-state index in [1.807, 2.05) is 12.3 Å². The zero-order valence-electron chi connectivity index (χ0n) is 11.1. The highest BCUT2D eigenvalue weighted by Crippen LogP contribution is 2.22. The molecule has 0 aliphatic carbocycles. The Balaban J connectivity index is 1.94. The average molecular weight is 284 g/mol. The third-order valence-electron chi connectivity index (χ3n) is 3.42. The van der Waals surface area contributed by atoms with E-state index in [1.165, 1.54) is 11.3 Å². The van der Waals surface area contributed by atoms with Gasteiger partial charge in [-0.1, -0.05) is 0 Å². The number of carbonyl (C=O) groups excluding carboxylic acids is 1. The van der Waals surface area contributed by atoms with E-state index in [0.29, 0.717) is 11.6 Å². The fourth-order valence-corrected chi connectivity index (χ4v) is 2.96. The van der Waals surface area contributed by atoms with Crippen LogP contribution < -0.4 is 11.3 Å². The van der Waals surface area contributed by atoms with Crippen molar-refractivity contribution < 1.29 is 9.90 Å². The number of nitrogens with one attached hydrogen (secondary N) is 1. The third kappa shape index (κ3) is 3.97. The van der Waals surface area contributed by atoms with E-state index < -0.39 is 5.60 Å². The van der Waals surface area contributed by atoms with Gasteiger partial charge in [0.05, 0.1) is 11.3 Å². The highest BCUT2D eigenvalue weighted by atomic mass is 32.1. The molecule has 6 nitrogen and oxygen atoms in total. The predicted molar refractivity (Wildman–Crippen MR) is 73.5 cm³/mol. The molecule has 2 heterocycles. The fourth-order valence-electron chi connectivity index (χ4n) is 2.25. The molecule has 19 heavy (non-hydrogen) atoms. The number of nitrogens with zero attached hydrogens (tertiary/aromatic N) is 2. The number of carbonyl (C=O) groups is 1. The second kappa shape index (κ2) is 5.96. The number of hydrazine groups is 1. The molecule has 1 aromatic heterocycles. The van der Waals surface area contributed by atoms with E-state index in [1.54, 1.807) is 0 Å². The molecule has 4 N–H and O–H groups in total. The lowest BCUT2D eigenvalue weighted by atomic mass is 9.98. The van der Waals surface area contributed by atoms with Gasteiger partial charge >= 0.3 is 0 Å². The molecule has 0 radical (unpaired) electrons. The summed E-state index contributed by atoms with van der Waals surface area (Å²) in [6, 6.07) is 0. The van der Waals surface area contributed by atoms with Crippen LogP contribution in [0.3, 0.4) is 0 Å². The Morgan fingerprint density at radius 3 is 3.16 bits per heavy atom. The Labute approximate surface area is 116 Å². The van der Waals surface area contributed by atoms with Crippen molar-refractivity contribution in [3.8, 4) is 0 Å². The molecule has 0 spiro atoms. The molecule has 2 rings (SSSR count). The lowest BCUT2D eigenvalue weighted by molar-refractivity contribution is 0.0444. The van der Waals surface area contributed by atoms with E-state index in [0.717, 1.165) is 38.0 Å².